The van der Waals surface area contributed by atoms with Crippen molar-refractivity contribution in [2.75, 3.05) is 11.9 Å². The predicted octanol–water partition coefficient (Wildman–Crippen LogP) is 4.24. The largest absolute Gasteiger partial charge is 0.389 e. The van der Waals surface area contributed by atoms with E-state index < -0.39 is 0 Å². The maximum absolute atomic E-state index is 14.6. The molecule has 0 aliphatic heterocycles. The van der Waals surface area contributed by atoms with Crippen molar-refractivity contribution in [3.63, 3.8) is 0 Å². The van der Waals surface area contributed by atoms with Gasteiger partial charge < -0.3 is 10.6 Å². The van der Waals surface area contributed by atoms with Gasteiger partial charge in [0, 0.05) is 18.7 Å². The van der Waals surface area contributed by atoms with Crippen LogP contribution in [0.4, 0.5) is 10.1 Å². The fourth-order valence-electron chi connectivity index (χ4n) is 3.05. The first-order chi connectivity index (χ1) is 9.43. The molecule has 0 amide bonds. The van der Waals surface area contributed by atoms with Crippen LogP contribution in [0, 0.1) is 11.7 Å². The van der Waals surface area contributed by atoms with Crippen LogP contribution in [-0.4, -0.2) is 18.1 Å². The summed E-state index contributed by atoms with van der Waals surface area (Å²) in [7, 11) is 1.97. The van der Waals surface area contributed by atoms with E-state index in [1.165, 1.54) is 19.3 Å². The molecule has 5 heteroatoms. The van der Waals surface area contributed by atoms with Crippen molar-refractivity contribution in [3.05, 3.63) is 28.0 Å². The van der Waals surface area contributed by atoms with Gasteiger partial charge in [-0.1, -0.05) is 32.0 Å². The van der Waals surface area contributed by atoms with E-state index in [0.717, 1.165) is 6.42 Å². The average Bonchev–Trinajstić information content (AvgIpc) is 2.41. The van der Waals surface area contributed by atoms with E-state index in [9.17, 15) is 4.39 Å². The second kappa shape index (κ2) is 6.39. The summed E-state index contributed by atoms with van der Waals surface area (Å²) in [6.07, 6.45) is 4.82. The number of halogens is 2. The number of nitrogens with zero attached hydrogens (tertiary/aromatic N) is 1. The van der Waals surface area contributed by atoms with Crippen LogP contribution >= 0.6 is 28.1 Å². The summed E-state index contributed by atoms with van der Waals surface area (Å²) in [6, 6.07) is 3.95. The predicted molar refractivity (Wildman–Crippen MR) is 89.8 cm³/mol. The summed E-state index contributed by atoms with van der Waals surface area (Å²) < 4.78 is 14.9. The van der Waals surface area contributed by atoms with Crippen molar-refractivity contribution >= 4 is 38.8 Å². The number of anilines is 1. The van der Waals surface area contributed by atoms with Gasteiger partial charge in [0.2, 0.25) is 0 Å². The van der Waals surface area contributed by atoms with Crippen molar-refractivity contribution in [2.45, 2.75) is 38.6 Å². The second-order valence-electron chi connectivity index (χ2n) is 5.56. The highest BCUT2D eigenvalue weighted by Gasteiger charge is 2.27. The lowest BCUT2D eigenvalue weighted by Gasteiger charge is -2.38. The van der Waals surface area contributed by atoms with Crippen molar-refractivity contribution in [1.82, 2.24) is 0 Å². The Morgan fingerprint density at radius 1 is 1.40 bits per heavy atom. The van der Waals surface area contributed by atoms with E-state index >= 15 is 0 Å². The molecule has 1 aliphatic carbocycles. The molecule has 2 N–H and O–H groups in total. The van der Waals surface area contributed by atoms with E-state index in [1.54, 1.807) is 12.1 Å². The summed E-state index contributed by atoms with van der Waals surface area (Å²) in [5.74, 6) is 0.303. The molecular weight excluding hydrogens is 339 g/mol. The standard InChI is InChI=1S/C15H20BrFN2S/c1-9-5-3-4-6-11(9)19(2)12-8-7-10(15(18)20)13(16)14(12)17/h7-9,11H,3-6H2,1-2H3,(H2,18,20). The van der Waals surface area contributed by atoms with Gasteiger partial charge in [0.25, 0.3) is 0 Å². The van der Waals surface area contributed by atoms with Crippen molar-refractivity contribution < 1.29 is 4.39 Å². The lowest BCUT2D eigenvalue weighted by Crippen LogP contribution is -2.39. The topological polar surface area (TPSA) is 29.3 Å². The molecule has 2 rings (SSSR count). The number of nitrogens with two attached hydrogens (primary N) is 1. The monoisotopic (exact) mass is 358 g/mol. The molecule has 2 nitrogen and oxygen atoms in total. The minimum Gasteiger partial charge on any atom is -0.389 e. The summed E-state index contributed by atoms with van der Waals surface area (Å²) in [5.41, 5.74) is 6.75. The number of rotatable bonds is 3. The molecule has 1 aromatic carbocycles. The highest BCUT2D eigenvalue weighted by atomic mass is 79.9. The molecular formula is C15H20BrFN2S. The third-order valence-electron chi connectivity index (χ3n) is 4.27. The normalized spacial score (nSPS) is 22.6. The summed E-state index contributed by atoms with van der Waals surface area (Å²) in [5, 5.41) is 0. The molecule has 110 valence electrons. The van der Waals surface area contributed by atoms with Crippen LogP contribution in [0.3, 0.4) is 0 Å². The lowest BCUT2D eigenvalue weighted by atomic mass is 9.85. The Balaban J connectivity index is 2.33. The molecule has 0 saturated heterocycles. The number of benzene rings is 1. The lowest BCUT2D eigenvalue weighted by molar-refractivity contribution is 0.320. The Kier molecular flexibility index (Phi) is 5.02. The third-order valence-corrected chi connectivity index (χ3v) is 5.27. The molecule has 0 radical (unpaired) electrons. The first kappa shape index (κ1) is 15.7. The Labute approximate surface area is 133 Å². The first-order valence-corrected chi connectivity index (χ1v) is 8.14. The van der Waals surface area contributed by atoms with E-state index in [1.807, 2.05) is 7.05 Å². The molecule has 1 aromatic rings. The zero-order valence-electron chi connectivity index (χ0n) is 11.8. The highest BCUT2D eigenvalue weighted by molar-refractivity contribution is 9.10. The zero-order chi connectivity index (χ0) is 14.9. The second-order valence-corrected chi connectivity index (χ2v) is 6.80. The average molecular weight is 359 g/mol. The van der Waals surface area contributed by atoms with Gasteiger partial charge in [-0.3, -0.25) is 0 Å². The van der Waals surface area contributed by atoms with Crippen molar-refractivity contribution in [2.24, 2.45) is 11.7 Å². The molecule has 0 heterocycles. The first-order valence-electron chi connectivity index (χ1n) is 6.94. The quantitative estimate of drug-likeness (QED) is 0.819. The van der Waals surface area contributed by atoms with Crippen LogP contribution in [-0.2, 0) is 0 Å². The maximum Gasteiger partial charge on any atom is 0.161 e. The van der Waals surface area contributed by atoms with E-state index in [4.69, 9.17) is 18.0 Å². The minimum absolute atomic E-state index is 0.205. The van der Waals surface area contributed by atoms with Gasteiger partial charge in [0.05, 0.1) is 10.2 Å². The van der Waals surface area contributed by atoms with Gasteiger partial charge >= 0.3 is 0 Å². The SMILES string of the molecule is CC1CCCCC1N(C)c1ccc(C(N)=S)c(Br)c1F. The highest BCUT2D eigenvalue weighted by Crippen LogP contribution is 2.34. The molecule has 2 atom stereocenters. The van der Waals surface area contributed by atoms with Gasteiger partial charge in [0.1, 0.15) is 4.99 Å². The summed E-state index contributed by atoms with van der Waals surface area (Å²) in [4.78, 5) is 2.27. The minimum atomic E-state index is -0.282. The van der Waals surface area contributed by atoms with Gasteiger partial charge in [-0.25, -0.2) is 4.39 Å². The van der Waals surface area contributed by atoms with Crippen molar-refractivity contribution in [3.8, 4) is 0 Å². The molecule has 1 saturated carbocycles. The Hall–Kier alpha value is -0.680. The smallest absolute Gasteiger partial charge is 0.161 e. The molecule has 20 heavy (non-hydrogen) atoms. The van der Waals surface area contributed by atoms with Crippen LogP contribution in [0.2, 0.25) is 0 Å². The van der Waals surface area contributed by atoms with E-state index in [2.05, 4.69) is 27.8 Å². The van der Waals surface area contributed by atoms with Crippen LogP contribution in [0.1, 0.15) is 38.2 Å². The zero-order valence-corrected chi connectivity index (χ0v) is 14.2. The molecule has 1 aliphatic rings. The third kappa shape index (κ3) is 2.98. The maximum atomic E-state index is 14.6. The van der Waals surface area contributed by atoms with E-state index in [0.29, 0.717) is 27.7 Å². The van der Waals surface area contributed by atoms with E-state index in [-0.39, 0.29) is 10.8 Å². The van der Waals surface area contributed by atoms with Gasteiger partial charge in [-0.15, -0.1) is 0 Å². The van der Waals surface area contributed by atoms with Gasteiger partial charge in [0.15, 0.2) is 5.82 Å². The number of hydrogen-bond donors (Lipinski definition) is 1. The summed E-state index contributed by atoms with van der Waals surface area (Å²) >= 11 is 8.20. The Morgan fingerprint density at radius 3 is 2.65 bits per heavy atom. The van der Waals surface area contributed by atoms with Crippen LogP contribution in [0.5, 0.6) is 0 Å². The van der Waals surface area contributed by atoms with Gasteiger partial charge in [-0.05, 0) is 46.8 Å². The van der Waals surface area contributed by atoms with Crippen LogP contribution < -0.4 is 10.6 Å². The van der Waals surface area contributed by atoms with Crippen molar-refractivity contribution in [1.29, 1.82) is 0 Å². The number of hydrogen-bond acceptors (Lipinski definition) is 2. The Bertz CT molecular complexity index is 521. The molecule has 0 bridgehead atoms. The molecule has 1 fully saturated rings. The molecule has 0 aromatic heterocycles. The Morgan fingerprint density at radius 2 is 2.05 bits per heavy atom. The van der Waals surface area contributed by atoms with Gasteiger partial charge in [-0.2, -0.15) is 0 Å². The summed E-state index contributed by atoms with van der Waals surface area (Å²) in [6.45, 7) is 2.25. The fourth-order valence-corrected chi connectivity index (χ4v) is 3.90. The fraction of sp³-hybridized carbons (Fsp3) is 0.533. The molecule has 2 unspecified atom stereocenters. The van der Waals surface area contributed by atoms with Crippen LogP contribution in [0.15, 0.2) is 16.6 Å². The van der Waals surface area contributed by atoms with Crippen LogP contribution in [0.25, 0.3) is 0 Å². The number of thiocarbonyl (C=S) groups is 1. The molecule has 0 spiro atoms.